The van der Waals surface area contributed by atoms with E-state index < -0.39 is 0 Å². The van der Waals surface area contributed by atoms with Crippen molar-refractivity contribution in [1.82, 2.24) is 4.98 Å². The van der Waals surface area contributed by atoms with Gasteiger partial charge < -0.3 is 5.32 Å². The van der Waals surface area contributed by atoms with Gasteiger partial charge in [0.25, 0.3) is 0 Å². The first-order valence-corrected chi connectivity index (χ1v) is 5.92. The zero-order chi connectivity index (χ0) is 10.7. The van der Waals surface area contributed by atoms with Gasteiger partial charge in [-0.05, 0) is 36.8 Å². The van der Waals surface area contributed by atoms with Gasteiger partial charge in [0, 0.05) is 12.7 Å². The van der Waals surface area contributed by atoms with Gasteiger partial charge in [-0.25, -0.2) is 4.98 Å². The van der Waals surface area contributed by atoms with Crippen LogP contribution in [-0.4, -0.2) is 11.5 Å². The molecule has 2 nitrogen and oxygen atoms in total. The number of rotatable bonds is 3. The summed E-state index contributed by atoms with van der Waals surface area (Å²) in [5, 5.41) is 3.43. The SMILES string of the molecule is Cc1ccc(NCC2CCCC2C)nc1. The minimum absolute atomic E-state index is 0.841. The van der Waals surface area contributed by atoms with Gasteiger partial charge in [0.1, 0.15) is 5.82 Å². The van der Waals surface area contributed by atoms with Crippen molar-refractivity contribution in [2.24, 2.45) is 11.8 Å². The molecule has 0 saturated heterocycles. The number of nitrogens with one attached hydrogen (secondary N) is 1. The molecule has 15 heavy (non-hydrogen) atoms. The highest BCUT2D eigenvalue weighted by molar-refractivity contribution is 5.35. The van der Waals surface area contributed by atoms with Crippen molar-refractivity contribution in [3.63, 3.8) is 0 Å². The smallest absolute Gasteiger partial charge is 0.125 e. The second-order valence-corrected chi connectivity index (χ2v) is 4.77. The summed E-state index contributed by atoms with van der Waals surface area (Å²) < 4.78 is 0. The summed E-state index contributed by atoms with van der Waals surface area (Å²) in [6, 6.07) is 4.17. The molecule has 0 amide bonds. The first-order valence-electron chi connectivity index (χ1n) is 5.92. The Morgan fingerprint density at radius 1 is 1.40 bits per heavy atom. The third-order valence-corrected chi connectivity index (χ3v) is 3.50. The molecule has 2 unspecified atom stereocenters. The van der Waals surface area contributed by atoms with Gasteiger partial charge in [-0.2, -0.15) is 0 Å². The Bertz CT molecular complexity index is 305. The van der Waals surface area contributed by atoms with Crippen LogP contribution >= 0.6 is 0 Å². The summed E-state index contributed by atoms with van der Waals surface area (Å²) in [5.41, 5.74) is 1.22. The van der Waals surface area contributed by atoms with Crippen molar-refractivity contribution < 1.29 is 0 Å². The molecule has 1 fully saturated rings. The van der Waals surface area contributed by atoms with E-state index in [-0.39, 0.29) is 0 Å². The topological polar surface area (TPSA) is 24.9 Å². The Hall–Kier alpha value is -1.05. The van der Waals surface area contributed by atoms with Crippen molar-refractivity contribution >= 4 is 5.82 Å². The van der Waals surface area contributed by atoms with Crippen LogP contribution in [0.25, 0.3) is 0 Å². The molecular weight excluding hydrogens is 184 g/mol. The Balaban J connectivity index is 1.85. The molecule has 82 valence electrons. The first-order chi connectivity index (χ1) is 7.25. The van der Waals surface area contributed by atoms with Crippen LogP contribution in [0.15, 0.2) is 18.3 Å². The second kappa shape index (κ2) is 4.65. The fourth-order valence-electron chi connectivity index (χ4n) is 2.33. The summed E-state index contributed by atoms with van der Waals surface area (Å²) in [5.74, 6) is 2.73. The maximum Gasteiger partial charge on any atom is 0.125 e. The highest BCUT2D eigenvalue weighted by Gasteiger charge is 2.22. The highest BCUT2D eigenvalue weighted by atomic mass is 15.0. The van der Waals surface area contributed by atoms with E-state index in [1.807, 2.05) is 6.20 Å². The van der Waals surface area contributed by atoms with Gasteiger partial charge in [0.05, 0.1) is 0 Å². The Morgan fingerprint density at radius 3 is 2.87 bits per heavy atom. The molecule has 0 spiro atoms. The highest BCUT2D eigenvalue weighted by Crippen LogP contribution is 2.30. The lowest BCUT2D eigenvalue weighted by Crippen LogP contribution is -2.16. The summed E-state index contributed by atoms with van der Waals surface area (Å²) >= 11 is 0. The fourth-order valence-corrected chi connectivity index (χ4v) is 2.33. The van der Waals surface area contributed by atoms with Crippen LogP contribution in [0.4, 0.5) is 5.82 Å². The maximum atomic E-state index is 4.35. The Kier molecular flexibility index (Phi) is 3.24. The average Bonchev–Trinajstić information content (AvgIpc) is 2.63. The van der Waals surface area contributed by atoms with Crippen LogP contribution in [0.5, 0.6) is 0 Å². The lowest BCUT2D eigenvalue weighted by atomic mass is 9.98. The van der Waals surface area contributed by atoms with Crippen molar-refractivity contribution in [2.45, 2.75) is 33.1 Å². The number of pyridine rings is 1. The third-order valence-electron chi connectivity index (χ3n) is 3.50. The van der Waals surface area contributed by atoms with E-state index in [0.717, 1.165) is 24.2 Å². The summed E-state index contributed by atoms with van der Waals surface area (Å²) in [6.45, 7) is 5.51. The van der Waals surface area contributed by atoms with Crippen LogP contribution in [0, 0.1) is 18.8 Å². The number of hydrogen-bond acceptors (Lipinski definition) is 2. The van der Waals surface area contributed by atoms with E-state index in [1.54, 1.807) is 0 Å². The second-order valence-electron chi connectivity index (χ2n) is 4.77. The molecule has 0 aromatic carbocycles. The van der Waals surface area contributed by atoms with Crippen molar-refractivity contribution in [1.29, 1.82) is 0 Å². The van der Waals surface area contributed by atoms with E-state index in [0.29, 0.717) is 0 Å². The summed E-state index contributed by atoms with van der Waals surface area (Å²) in [6.07, 6.45) is 6.09. The molecule has 2 atom stereocenters. The van der Waals surface area contributed by atoms with E-state index >= 15 is 0 Å². The van der Waals surface area contributed by atoms with Crippen LogP contribution < -0.4 is 5.32 Å². The molecule has 1 aromatic heterocycles. The lowest BCUT2D eigenvalue weighted by Gasteiger charge is -2.16. The Morgan fingerprint density at radius 2 is 2.27 bits per heavy atom. The molecule has 2 rings (SSSR count). The average molecular weight is 204 g/mol. The normalized spacial score (nSPS) is 25.5. The number of nitrogens with zero attached hydrogens (tertiary/aromatic N) is 1. The monoisotopic (exact) mass is 204 g/mol. The number of hydrogen-bond donors (Lipinski definition) is 1. The van der Waals surface area contributed by atoms with E-state index in [4.69, 9.17) is 0 Å². The largest absolute Gasteiger partial charge is 0.370 e. The standard InChI is InChI=1S/C13H20N2/c1-10-6-7-13(14-8-10)15-9-12-5-3-4-11(12)2/h6-8,11-12H,3-5,9H2,1-2H3,(H,14,15). The van der Waals surface area contributed by atoms with Crippen LogP contribution in [-0.2, 0) is 0 Å². The minimum atomic E-state index is 0.841. The summed E-state index contributed by atoms with van der Waals surface area (Å²) in [4.78, 5) is 4.35. The van der Waals surface area contributed by atoms with Gasteiger partial charge in [-0.1, -0.05) is 25.8 Å². The molecular formula is C13H20N2. The molecule has 1 saturated carbocycles. The first kappa shape index (κ1) is 10.5. The number of aryl methyl sites for hydroxylation is 1. The molecule has 0 bridgehead atoms. The zero-order valence-corrected chi connectivity index (χ0v) is 9.66. The van der Waals surface area contributed by atoms with Crippen LogP contribution in [0.2, 0.25) is 0 Å². The van der Waals surface area contributed by atoms with Crippen LogP contribution in [0.1, 0.15) is 31.7 Å². The van der Waals surface area contributed by atoms with E-state index in [2.05, 4.69) is 36.3 Å². The maximum absolute atomic E-state index is 4.35. The number of aromatic nitrogens is 1. The molecule has 2 heteroatoms. The van der Waals surface area contributed by atoms with Crippen LogP contribution in [0.3, 0.4) is 0 Å². The quantitative estimate of drug-likeness (QED) is 0.817. The predicted octanol–water partition coefficient (Wildman–Crippen LogP) is 3.24. The summed E-state index contributed by atoms with van der Waals surface area (Å²) in [7, 11) is 0. The van der Waals surface area contributed by atoms with Gasteiger partial charge in [0.2, 0.25) is 0 Å². The minimum Gasteiger partial charge on any atom is -0.370 e. The molecule has 1 aromatic rings. The van der Waals surface area contributed by atoms with Crippen molar-refractivity contribution in [3.05, 3.63) is 23.9 Å². The number of anilines is 1. The predicted molar refractivity (Wildman–Crippen MR) is 64.0 cm³/mol. The lowest BCUT2D eigenvalue weighted by molar-refractivity contribution is 0.439. The molecule has 0 aliphatic heterocycles. The van der Waals surface area contributed by atoms with Crippen molar-refractivity contribution in [2.75, 3.05) is 11.9 Å². The fraction of sp³-hybridized carbons (Fsp3) is 0.615. The van der Waals surface area contributed by atoms with Gasteiger partial charge in [0.15, 0.2) is 0 Å². The Labute approximate surface area is 92.1 Å². The van der Waals surface area contributed by atoms with Gasteiger partial charge in [-0.3, -0.25) is 0 Å². The molecule has 1 aliphatic carbocycles. The molecule has 0 radical (unpaired) electrons. The molecule has 1 N–H and O–H groups in total. The third kappa shape index (κ3) is 2.71. The molecule has 1 aliphatic rings. The van der Waals surface area contributed by atoms with Crippen molar-refractivity contribution in [3.8, 4) is 0 Å². The van der Waals surface area contributed by atoms with Gasteiger partial charge in [-0.15, -0.1) is 0 Å². The van der Waals surface area contributed by atoms with E-state index in [1.165, 1.54) is 24.8 Å². The zero-order valence-electron chi connectivity index (χ0n) is 9.66. The van der Waals surface area contributed by atoms with E-state index in [9.17, 15) is 0 Å². The van der Waals surface area contributed by atoms with Gasteiger partial charge >= 0.3 is 0 Å². The molecule has 1 heterocycles.